The van der Waals surface area contributed by atoms with Crippen LogP contribution in [0.3, 0.4) is 0 Å². The Balaban J connectivity index is 1.43. The van der Waals surface area contributed by atoms with Gasteiger partial charge in [0.15, 0.2) is 5.79 Å². The van der Waals surface area contributed by atoms with Crippen LogP contribution in [0.4, 0.5) is 4.39 Å². The summed E-state index contributed by atoms with van der Waals surface area (Å²) in [6.45, 7) is 11.2. The van der Waals surface area contributed by atoms with Crippen LogP contribution in [-0.4, -0.2) is 48.4 Å². The van der Waals surface area contributed by atoms with E-state index >= 15 is 0 Å². The number of hydrogen-bond acceptors (Lipinski definition) is 7. The van der Waals surface area contributed by atoms with Gasteiger partial charge in [0.25, 0.3) is 0 Å². The van der Waals surface area contributed by atoms with Crippen LogP contribution in [0.1, 0.15) is 55.7 Å². The van der Waals surface area contributed by atoms with Crippen molar-refractivity contribution >= 4 is 0 Å². The molecule has 2 aromatic carbocycles. The van der Waals surface area contributed by atoms with Crippen molar-refractivity contribution in [2.24, 2.45) is 0 Å². The highest BCUT2D eigenvalue weighted by atomic mass is 19.1. The molecule has 1 aromatic heterocycles. The number of aryl methyl sites for hydroxylation is 2. The third-order valence-corrected chi connectivity index (χ3v) is 6.58. The van der Waals surface area contributed by atoms with E-state index in [9.17, 15) is 9.50 Å². The van der Waals surface area contributed by atoms with Crippen molar-refractivity contribution in [3.05, 3.63) is 76.7 Å². The standard InChI is InChI=1S/C31H38FNO6/c1-6-35-28(13-14-34)23-8-10-24(11-9-23)36-17-22-7-12-27(32)26(16-22)30-20(2)15-29(33-21(30)3)37-18-25-19-38-31(4,5)39-25/h7-12,15-16,25,28,34H,6,13-14,17-19H2,1-5H3/t25-,28-/m0/s1. The molecule has 1 fully saturated rings. The molecule has 39 heavy (non-hydrogen) atoms. The maximum atomic E-state index is 15.0. The molecular formula is C31H38FNO6. The molecule has 2 atom stereocenters. The normalized spacial score (nSPS) is 17.3. The van der Waals surface area contributed by atoms with Crippen LogP contribution in [0.15, 0.2) is 48.5 Å². The minimum atomic E-state index is -0.611. The largest absolute Gasteiger partial charge is 0.489 e. The first-order chi connectivity index (χ1) is 18.7. The van der Waals surface area contributed by atoms with E-state index in [0.29, 0.717) is 49.1 Å². The van der Waals surface area contributed by atoms with E-state index in [0.717, 1.165) is 22.3 Å². The fourth-order valence-corrected chi connectivity index (χ4v) is 4.76. The molecule has 1 N–H and O–H groups in total. The van der Waals surface area contributed by atoms with E-state index in [2.05, 4.69) is 4.98 Å². The SMILES string of the molecule is CCO[C@@H](CCO)c1ccc(OCc2ccc(F)c(-c3c(C)cc(OC[C@H]4COC(C)(C)O4)nc3C)c2)cc1. The summed E-state index contributed by atoms with van der Waals surface area (Å²) in [4.78, 5) is 4.58. The smallest absolute Gasteiger partial charge is 0.213 e. The van der Waals surface area contributed by atoms with Gasteiger partial charge in [-0.2, -0.15) is 0 Å². The van der Waals surface area contributed by atoms with Gasteiger partial charge >= 0.3 is 0 Å². The highest BCUT2D eigenvalue weighted by Crippen LogP contribution is 2.32. The summed E-state index contributed by atoms with van der Waals surface area (Å²) in [6, 6.07) is 14.4. The maximum Gasteiger partial charge on any atom is 0.213 e. The Labute approximate surface area is 229 Å². The topological polar surface area (TPSA) is 79.3 Å². The zero-order valence-electron chi connectivity index (χ0n) is 23.3. The number of aliphatic hydroxyl groups excluding tert-OH is 1. The third-order valence-electron chi connectivity index (χ3n) is 6.58. The molecule has 8 heteroatoms. The molecule has 2 heterocycles. The summed E-state index contributed by atoms with van der Waals surface area (Å²) in [5.74, 6) is 0.226. The number of aliphatic hydroxyl groups is 1. The lowest BCUT2D eigenvalue weighted by Gasteiger charge is -2.18. The first-order valence-corrected chi connectivity index (χ1v) is 13.4. The van der Waals surface area contributed by atoms with E-state index in [4.69, 9.17) is 23.7 Å². The zero-order chi connectivity index (χ0) is 28.0. The lowest BCUT2D eigenvalue weighted by Crippen LogP contribution is -2.25. The second-order valence-corrected chi connectivity index (χ2v) is 10.1. The molecule has 4 rings (SSSR count). The van der Waals surface area contributed by atoms with Crippen LogP contribution in [0, 0.1) is 19.7 Å². The molecule has 0 radical (unpaired) electrons. The molecule has 1 aliphatic rings. The summed E-state index contributed by atoms with van der Waals surface area (Å²) < 4.78 is 43.9. The van der Waals surface area contributed by atoms with E-state index in [1.54, 1.807) is 12.1 Å². The lowest BCUT2D eigenvalue weighted by atomic mass is 9.97. The Morgan fingerprint density at radius 1 is 1.10 bits per heavy atom. The number of rotatable bonds is 12. The molecule has 1 saturated heterocycles. The lowest BCUT2D eigenvalue weighted by molar-refractivity contribution is -0.141. The van der Waals surface area contributed by atoms with Gasteiger partial charge in [0, 0.05) is 42.5 Å². The van der Waals surface area contributed by atoms with Crippen molar-refractivity contribution < 1.29 is 33.2 Å². The number of ether oxygens (including phenoxy) is 5. The number of hydrogen-bond donors (Lipinski definition) is 1. The van der Waals surface area contributed by atoms with Crippen molar-refractivity contribution in [3.63, 3.8) is 0 Å². The van der Waals surface area contributed by atoms with Crippen molar-refractivity contribution in [3.8, 4) is 22.8 Å². The van der Waals surface area contributed by atoms with Gasteiger partial charge in [-0.15, -0.1) is 0 Å². The molecule has 0 amide bonds. The summed E-state index contributed by atoms with van der Waals surface area (Å²) in [5.41, 5.74) is 4.56. The van der Waals surface area contributed by atoms with Crippen molar-refractivity contribution in [1.29, 1.82) is 0 Å². The molecule has 1 aliphatic heterocycles. The van der Waals surface area contributed by atoms with Crippen LogP contribution >= 0.6 is 0 Å². The van der Waals surface area contributed by atoms with E-state index in [1.807, 2.05) is 65.0 Å². The van der Waals surface area contributed by atoms with Crippen molar-refractivity contribution in [1.82, 2.24) is 4.98 Å². The van der Waals surface area contributed by atoms with Crippen molar-refractivity contribution in [2.75, 3.05) is 26.4 Å². The fraction of sp³-hybridized carbons (Fsp3) is 0.452. The van der Waals surface area contributed by atoms with Crippen molar-refractivity contribution in [2.45, 2.75) is 65.6 Å². The summed E-state index contributed by atoms with van der Waals surface area (Å²) in [7, 11) is 0. The predicted molar refractivity (Wildman–Crippen MR) is 146 cm³/mol. The molecule has 7 nitrogen and oxygen atoms in total. The van der Waals surface area contributed by atoms with Gasteiger partial charge in [-0.05, 0) is 75.6 Å². The van der Waals surface area contributed by atoms with Gasteiger partial charge in [0.2, 0.25) is 5.88 Å². The third kappa shape index (κ3) is 7.54. The molecular weight excluding hydrogens is 501 g/mol. The molecule has 0 bridgehead atoms. The first-order valence-electron chi connectivity index (χ1n) is 13.4. The van der Waals surface area contributed by atoms with Gasteiger partial charge < -0.3 is 28.8 Å². The highest BCUT2D eigenvalue weighted by molar-refractivity contribution is 5.71. The molecule has 210 valence electrons. The van der Waals surface area contributed by atoms with E-state index < -0.39 is 5.79 Å². The van der Waals surface area contributed by atoms with Gasteiger partial charge in [0.1, 0.15) is 30.9 Å². The summed E-state index contributed by atoms with van der Waals surface area (Å²) in [6.07, 6.45) is 0.219. The molecule has 0 aliphatic carbocycles. The molecule has 0 saturated carbocycles. The summed E-state index contributed by atoms with van der Waals surface area (Å²) in [5, 5.41) is 9.29. The van der Waals surface area contributed by atoms with Crippen LogP contribution < -0.4 is 9.47 Å². The van der Waals surface area contributed by atoms with Crippen LogP contribution in [0.25, 0.3) is 11.1 Å². The number of benzene rings is 2. The second-order valence-electron chi connectivity index (χ2n) is 10.1. The Kier molecular flexibility index (Phi) is 9.56. The van der Waals surface area contributed by atoms with Crippen LogP contribution in [0.2, 0.25) is 0 Å². The Hall–Kier alpha value is -3.04. The van der Waals surface area contributed by atoms with E-state index in [1.165, 1.54) is 6.07 Å². The first kappa shape index (κ1) is 29.0. The Bertz CT molecular complexity index is 1220. The summed E-state index contributed by atoms with van der Waals surface area (Å²) >= 11 is 0. The van der Waals surface area contributed by atoms with Crippen LogP contribution in [-0.2, 0) is 20.8 Å². The van der Waals surface area contributed by atoms with Gasteiger partial charge in [-0.1, -0.05) is 18.2 Å². The predicted octanol–water partition coefficient (Wildman–Crippen LogP) is 6.07. The number of halogens is 1. The Morgan fingerprint density at radius 2 is 1.87 bits per heavy atom. The minimum absolute atomic E-state index is 0.0589. The zero-order valence-corrected chi connectivity index (χ0v) is 23.3. The highest BCUT2D eigenvalue weighted by Gasteiger charge is 2.33. The van der Waals surface area contributed by atoms with Gasteiger partial charge in [-0.25, -0.2) is 9.37 Å². The fourth-order valence-electron chi connectivity index (χ4n) is 4.76. The number of pyridine rings is 1. The average Bonchev–Trinajstić information content (AvgIpc) is 3.26. The second kappa shape index (κ2) is 12.9. The quantitative estimate of drug-likeness (QED) is 0.299. The monoisotopic (exact) mass is 539 g/mol. The van der Waals surface area contributed by atoms with Gasteiger partial charge in [0.05, 0.1) is 12.7 Å². The molecule has 3 aromatic rings. The minimum Gasteiger partial charge on any atom is -0.489 e. The van der Waals surface area contributed by atoms with E-state index in [-0.39, 0.29) is 31.2 Å². The van der Waals surface area contributed by atoms with Gasteiger partial charge in [-0.3, -0.25) is 0 Å². The number of nitrogens with zero attached hydrogens (tertiary/aromatic N) is 1. The molecule has 0 unspecified atom stereocenters. The number of aromatic nitrogens is 1. The Morgan fingerprint density at radius 3 is 2.51 bits per heavy atom. The molecule has 0 spiro atoms. The van der Waals surface area contributed by atoms with Crippen LogP contribution in [0.5, 0.6) is 11.6 Å². The average molecular weight is 540 g/mol. The maximum absolute atomic E-state index is 15.0.